The number of hydrogen-bond acceptors (Lipinski definition) is 3. The van der Waals surface area contributed by atoms with Gasteiger partial charge in [0.15, 0.2) is 6.61 Å². The molecule has 0 saturated carbocycles. The molecule has 1 N–H and O–H groups in total. The Bertz CT molecular complexity index is 744. The van der Waals surface area contributed by atoms with Crippen LogP contribution in [0.3, 0.4) is 0 Å². The van der Waals surface area contributed by atoms with E-state index in [1.807, 2.05) is 12.1 Å². The van der Waals surface area contributed by atoms with Crippen molar-refractivity contribution >= 4 is 46.7 Å². The van der Waals surface area contributed by atoms with E-state index in [1.165, 1.54) is 12.1 Å². The molecule has 0 unspecified atom stereocenters. The number of ether oxygens (including phenoxy) is 1. The van der Waals surface area contributed by atoms with E-state index in [4.69, 9.17) is 39.5 Å². The second-order valence-corrected chi connectivity index (χ2v) is 6.21. The number of nitrogens with one attached hydrogen (secondary N) is 1. The van der Waals surface area contributed by atoms with Gasteiger partial charge >= 0.3 is 5.97 Å². The van der Waals surface area contributed by atoms with E-state index in [1.54, 1.807) is 25.1 Å². The average Bonchev–Trinajstić information content (AvgIpc) is 2.53. The fourth-order valence-electron chi connectivity index (χ4n) is 2.08. The highest BCUT2D eigenvalue weighted by Gasteiger charge is 2.18. The smallest absolute Gasteiger partial charge is 0.341 e. The highest BCUT2D eigenvalue weighted by atomic mass is 35.5. The topological polar surface area (TPSA) is 55.4 Å². The Balaban J connectivity index is 1.94. The summed E-state index contributed by atoms with van der Waals surface area (Å²) in [6.07, 6.45) is 0. The highest BCUT2D eigenvalue weighted by Crippen LogP contribution is 2.25. The van der Waals surface area contributed by atoms with E-state index in [9.17, 15) is 9.59 Å². The molecule has 0 saturated heterocycles. The molecule has 126 valence electrons. The normalized spacial score (nSPS) is 11.7. The van der Waals surface area contributed by atoms with Crippen molar-refractivity contribution in [2.45, 2.75) is 13.0 Å². The van der Waals surface area contributed by atoms with Crippen molar-refractivity contribution in [1.29, 1.82) is 0 Å². The summed E-state index contributed by atoms with van der Waals surface area (Å²) in [6.45, 7) is 1.33. The minimum absolute atomic E-state index is 0.0350. The van der Waals surface area contributed by atoms with Gasteiger partial charge in [-0.2, -0.15) is 0 Å². The van der Waals surface area contributed by atoms with Crippen molar-refractivity contribution in [3.05, 3.63) is 68.7 Å². The molecule has 2 aromatic carbocycles. The van der Waals surface area contributed by atoms with Crippen LogP contribution in [0.25, 0.3) is 0 Å². The zero-order chi connectivity index (χ0) is 17.7. The maximum Gasteiger partial charge on any atom is 0.341 e. The molecule has 0 heterocycles. The summed E-state index contributed by atoms with van der Waals surface area (Å²) < 4.78 is 4.97. The summed E-state index contributed by atoms with van der Waals surface area (Å²) in [5.74, 6) is -1.22. The summed E-state index contributed by atoms with van der Waals surface area (Å²) in [4.78, 5) is 24.0. The summed E-state index contributed by atoms with van der Waals surface area (Å²) in [5.41, 5.74) is 0.806. The third-order valence-electron chi connectivity index (χ3n) is 3.25. The molecule has 0 spiro atoms. The Morgan fingerprint density at radius 3 is 2.21 bits per heavy atom. The first-order chi connectivity index (χ1) is 11.4. The van der Waals surface area contributed by atoms with Gasteiger partial charge in [-0.1, -0.05) is 59.1 Å². The zero-order valence-corrected chi connectivity index (χ0v) is 15.0. The number of rotatable bonds is 5. The Kier molecular flexibility index (Phi) is 6.49. The van der Waals surface area contributed by atoms with Gasteiger partial charge in [0.25, 0.3) is 5.91 Å². The quantitative estimate of drug-likeness (QED) is 0.759. The number of carbonyl (C=O) groups excluding carboxylic acids is 2. The molecule has 0 radical (unpaired) electrons. The molecule has 0 fully saturated rings. The van der Waals surface area contributed by atoms with Crippen LogP contribution in [0.15, 0.2) is 42.5 Å². The predicted molar refractivity (Wildman–Crippen MR) is 94.8 cm³/mol. The third-order valence-corrected chi connectivity index (χ3v) is 4.22. The monoisotopic (exact) mass is 385 g/mol. The largest absolute Gasteiger partial charge is 0.452 e. The van der Waals surface area contributed by atoms with E-state index >= 15 is 0 Å². The third kappa shape index (κ3) is 4.63. The van der Waals surface area contributed by atoms with Crippen LogP contribution in [0.5, 0.6) is 0 Å². The van der Waals surface area contributed by atoms with E-state index in [-0.39, 0.29) is 21.7 Å². The summed E-state index contributed by atoms with van der Waals surface area (Å²) in [6, 6.07) is 11.5. The van der Waals surface area contributed by atoms with Crippen molar-refractivity contribution in [2.75, 3.05) is 6.61 Å². The van der Waals surface area contributed by atoms with Gasteiger partial charge in [-0.25, -0.2) is 4.79 Å². The summed E-state index contributed by atoms with van der Waals surface area (Å²) in [7, 11) is 0. The zero-order valence-electron chi connectivity index (χ0n) is 12.7. The first kappa shape index (κ1) is 18.6. The fraction of sp³-hybridized carbons (Fsp3) is 0.176. The molecule has 1 amide bonds. The second-order valence-electron chi connectivity index (χ2n) is 4.98. The molecule has 0 aliphatic rings. The van der Waals surface area contributed by atoms with Gasteiger partial charge in [0.1, 0.15) is 0 Å². The Morgan fingerprint density at radius 2 is 1.58 bits per heavy atom. The minimum Gasteiger partial charge on any atom is -0.452 e. The summed E-state index contributed by atoms with van der Waals surface area (Å²) >= 11 is 17.9. The van der Waals surface area contributed by atoms with Gasteiger partial charge in [-0.15, -0.1) is 0 Å². The molecule has 7 heteroatoms. The van der Waals surface area contributed by atoms with Crippen LogP contribution in [0.4, 0.5) is 0 Å². The first-order valence-electron chi connectivity index (χ1n) is 7.05. The van der Waals surface area contributed by atoms with Crippen molar-refractivity contribution < 1.29 is 14.3 Å². The van der Waals surface area contributed by atoms with Gasteiger partial charge in [-0.05, 0) is 30.7 Å². The fourth-order valence-corrected chi connectivity index (χ4v) is 2.93. The maximum absolute atomic E-state index is 12.0. The van der Waals surface area contributed by atoms with Crippen LogP contribution in [0, 0.1) is 0 Å². The van der Waals surface area contributed by atoms with Gasteiger partial charge in [0, 0.05) is 5.02 Å². The first-order valence-corrected chi connectivity index (χ1v) is 8.18. The van der Waals surface area contributed by atoms with E-state index in [0.717, 1.165) is 5.56 Å². The lowest BCUT2D eigenvalue weighted by molar-refractivity contribution is -0.124. The van der Waals surface area contributed by atoms with Crippen LogP contribution in [0.2, 0.25) is 15.1 Å². The van der Waals surface area contributed by atoms with Crippen LogP contribution in [0.1, 0.15) is 28.9 Å². The van der Waals surface area contributed by atoms with Crippen molar-refractivity contribution in [3.63, 3.8) is 0 Å². The molecule has 0 aliphatic heterocycles. The van der Waals surface area contributed by atoms with E-state index in [2.05, 4.69) is 5.32 Å². The Hall–Kier alpha value is -1.75. The number of hydrogen-bond donors (Lipinski definition) is 1. The molecule has 0 bridgehead atoms. The standard InChI is InChI=1S/C17H14Cl3NO3/c1-10(11-5-2-3-6-12(11)18)21-15(22)9-24-17(23)16-13(19)7-4-8-14(16)20/h2-8,10H,9H2,1H3,(H,21,22)/t10-/m0/s1. The van der Waals surface area contributed by atoms with E-state index < -0.39 is 18.5 Å². The van der Waals surface area contributed by atoms with Gasteiger partial charge < -0.3 is 10.1 Å². The number of esters is 1. The molecule has 24 heavy (non-hydrogen) atoms. The number of benzene rings is 2. The molecule has 2 rings (SSSR count). The second kappa shape index (κ2) is 8.38. The Morgan fingerprint density at radius 1 is 1.00 bits per heavy atom. The van der Waals surface area contributed by atoms with Crippen molar-refractivity contribution in [1.82, 2.24) is 5.32 Å². The lowest BCUT2D eigenvalue weighted by Crippen LogP contribution is -2.31. The molecule has 0 aromatic heterocycles. The van der Waals surface area contributed by atoms with Crippen molar-refractivity contribution in [3.8, 4) is 0 Å². The molecule has 1 atom stereocenters. The average molecular weight is 387 g/mol. The van der Waals surface area contributed by atoms with Crippen LogP contribution >= 0.6 is 34.8 Å². The molecular formula is C17H14Cl3NO3. The van der Waals surface area contributed by atoms with Gasteiger partial charge in [0.2, 0.25) is 0 Å². The Labute approximate surface area is 154 Å². The molecule has 2 aromatic rings. The minimum atomic E-state index is -0.758. The number of carbonyl (C=O) groups is 2. The van der Waals surface area contributed by atoms with Crippen LogP contribution < -0.4 is 5.32 Å². The van der Waals surface area contributed by atoms with Crippen LogP contribution in [-0.4, -0.2) is 18.5 Å². The number of halogens is 3. The molecule has 0 aliphatic carbocycles. The SMILES string of the molecule is C[C@H](NC(=O)COC(=O)c1c(Cl)cccc1Cl)c1ccccc1Cl. The lowest BCUT2D eigenvalue weighted by atomic mass is 10.1. The van der Waals surface area contributed by atoms with Crippen LogP contribution in [-0.2, 0) is 9.53 Å². The van der Waals surface area contributed by atoms with Gasteiger partial charge in [0.05, 0.1) is 21.7 Å². The van der Waals surface area contributed by atoms with Gasteiger partial charge in [-0.3, -0.25) is 4.79 Å². The lowest BCUT2D eigenvalue weighted by Gasteiger charge is -2.16. The van der Waals surface area contributed by atoms with E-state index in [0.29, 0.717) is 5.02 Å². The van der Waals surface area contributed by atoms with Crippen molar-refractivity contribution in [2.24, 2.45) is 0 Å². The number of amides is 1. The predicted octanol–water partition coefficient (Wildman–Crippen LogP) is 4.68. The summed E-state index contributed by atoms with van der Waals surface area (Å²) in [5, 5.41) is 3.58. The molecule has 4 nitrogen and oxygen atoms in total. The highest BCUT2D eigenvalue weighted by molar-refractivity contribution is 6.39. The maximum atomic E-state index is 12.0. The molecular weight excluding hydrogens is 373 g/mol.